The van der Waals surface area contributed by atoms with Crippen molar-refractivity contribution in [1.29, 1.82) is 0 Å². The Morgan fingerprint density at radius 2 is 1.89 bits per heavy atom. The molecule has 0 aliphatic heterocycles. The molecule has 2 rings (SSSR count). The van der Waals surface area contributed by atoms with Crippen LogP contribution in [0.5, 0.6) is 0 Å². The summed E-state index contributed by atoms with van der Waals surface area (Å²) in [5.41, 5.74) is 5.47. The molecule has 2 nitrogen and oxygen atoms in total. The third-order valence-electron chi connectivity index (χ3n) is 2.98. The molecule has 0 radical (unpaired) electrons. The summed E-state index contributed by atoms with van der Waals surface area (Å²) >= 11 is 9.40. The van der Waals surface area contributed by atoms with Crippen molar-refractivity contribution in [3.63, 3.8) is 0 Å². The molecule has 19 heavy (non-hydrogen) atoms. The van der Waals surface area contributed by atoms with Crippen LogP contribution in [0.15, 0.2) is 40.9 Å². The van der Waals surface area contributed by atoms with Gasteiger partial charge in [0.2, 0.25) is 0 Å². The van der Waals surface area contributed by atoms with Crippen LogP contribution in [-0.2, 0) is 0 Å². The molecule has 5 heteroatoms. The quantitative estimate of drug-likeness (QED) is 0.650. The third kappa shape index (κ3) is 3.15. The van der Waals surface area contributed by atoms with Gasteiger partial charge >= 0.3 is 0 Å². The van der Waals surface area contributed by atoms with Crippen LogP contribution in [0.4, 0.5) is 4.39 Å². The zero-order chi connectivity index (χ0) is 14.0. The molecule has 0 saturated heterocycles. The molecule has 0 fully saturated rings. The lowest BCUT2D eigenvalue weighted by atomic mass is 9.95. The van der Waals surface area contributed by atoms with Crippen LogP contribution in [0.25, 0.3) is 0 Å². The van der Waals surface area contributed by atoms with E-state index in [1.165, 1.54) is 12.1 Å². The summed E-state index contributed by atoms with van der Waals surface area (Å²) in [7, 11) is 0. The van der Waals surface area contributed by atoms with Crippen LogP contribution >= 0.6 is 27.5 Å². The normalized spacial score (nSPS) is 12.5. The molecular weight excluding hydrogens is 331 g/mol. The lowest BCUT2D eigenvalue weighted by Crippen LogP contribution is -2.29. The highest BCUT2D eigenvalue weighted by atomic mass is 79.9. The van der Waals surface area contributed by atoms with Crippen molar-refractivity contribution in [2.45, 2.75) is 13.0 Å². The average molecular weight is 344 g/mol. The van der Waals surface area contributed by atoms with Gasteiger partial charge in [0.15, 0.2) is 0 Å². The first-order valence-electron chi connectivity index (χ1n) is 5.70. The van der Waals surface area contributed by atoms with E-state index in [0.29, 0.717) is 5.02 Å². The van der Waals surface area contributed by atoms with Gasteiger partial charge < -0.3 is 0 Å². The Balaban J connectivity index is 2.50. The standard InChI is InChI=1S/C14H13BrClFN2/c1-8-6-10(17)3-5-11(8)14(19-18)12-4-2-9(16)7-13(12)15/h2-7,14,19H,18H2,1H3. The molecule has 100 valence electrons. The van der Waals surface area contributed by atoms with Gasteiger partial charge in [-0.15, -0.1) is 0 Å². The molecule has 1 unspecified atom stereocenters. The van der Waals surface area contributed by atoms with E-state index in [4.69, 9.17) is 17.4 Å². The van der Waals surface area contributed by atoms with E-state index in [1.807, 2.05) is 13.0 Å². The molecule has 0 bridgehead atoms. The van der Waals surface area contributed by atoms with Gasteiger partial charge in [-0.25, -0.2) is 9.82 Å². The highest BCUT2D eigenvalue weighted by molar-refractivity contribution is 9.10. The summed E-state index contributed by atoms with van der Waals surface area (Å²) in [6.45, 7) is 1.85. The molecule has 2 aromatic rings. The van der Waals surface area contributed by atoms with E-state index in [-0.39, 0.29) is 11.9 Å². The molecule has 0 aliphatic rings. The second-order valence-corrected chi connectivity index (χ2v) is 5.56. The Bertz CT molecular complexity index is 552. The van der Waals surface area contributed by atoms with Crippen molar-refractivity contribution in [2.24, 2.45) is 5.84 Å². The number of hydrogen-bond donors (Lipinski definition) is 2. The van der Waals surface area contributed by atoms with Gasteiger partial charge in [0, 0.05) is 9.50 Å². The molecule has 0 heterocycles. The molecule has 0 amide bonds. The largest absolute Gasteiger partial charge is 0.271 e. The van der Waals surface area contributed by atoms with Crippen molar-refractivity contribution < 1.29 is 4.39 Å². The summed E-state index contributed by atoms with van der Waals surface area (Å²) in [6.07, 6.45) is 0. The van der Waals surface area contributed by atoms with Gasteiger partial charge in [0.1, 0.15) is 5.82 Å². The maximum absolute atomic E-state index is 13.2. The van der Waals surface area contributed by atoms with Gasteiger partial charge in [-0.2, -0.15) is 0 Å². The van der Waals surface area contributed by atoms with Gasteiger partial charge in [-0.1, -0.05) is 39.7 Å². The molecule has 0 aromatic heterocycles. The Morgan fingerprint density at radius 1 is 1.21 bits per heavy atom. The first-order valence-corrected chi connectivity index (χ1v) is 6.87. The predicted octanol–water partition coefficient (Wildman–Crippen LogP) is 4.10. The number of benzene rings is 2. The van der Waals surface area contributed by atoms with Crippen LogP contribution in [-0.4, -0.2) is 0 Å². The molecule has 1 atom stereocenters. The van der Waals surface area contributed by atoms with Crippen molar-refractivity contribution in [2.75, 3.05) is 0 Å². The second-order valence-electron chi connectivity index (χ2n) is 4.27. The second kappa shape index (κ2) is 6.01. The van der Waals surface area contributed by atoms with E-state index in [1.54, 1.807) is 18.2 Å². The smallest absolute Gasteiger partial charge is 0.123 e. The monoisotopic (exact) mass is 342 g/mol. The van der Waals surface area contributed by atoms with Crippen molar-refractivity contribution in [3.05, 3.63) is 68.4 Å². The number of halogens is 3. The van der Waals surface area contributed by atoms with Gasteiger partial charge in [-0.3, -0.25) is 5.84 Å². The Labute approximate surface area is 124 Å². The van der Waals surface area contributed by atoms with Crippen molar-refractivity contribution in [3.8, 4) is 0 Å². The Kier molecular flexibility index (Phi) is 4.58. The Hall–Kier alpha value is -0.940. The number of nitrogens with two attached hydrogens (primary N) is 1. The SMILES string of the molecule is Cc1cc(F)ccc1C(NN)c1ccc(Cl)cc1Br. The molecule has 0 saturated carbocycles. The van der Waals surface area contributed by atoms with Crippen molar-refractivity contribution >= 4 is 27.5 Å². The van der Waals surface area contributed by atoms with Gasteiger partial charge in [0.05, 0.1) is 6.04 Å². The number of rotatable bonds is 3. The summed E-state index contributed by atoms with van der Waals surface area (Å²) in [4.78, 5) is 0. The maximum Gasteiger partial charge on any atom is 0.123 e. The molecule has 2 aromatic carbocycles. The van der Waals surface area contributed by atoms with E-state index < -0.39 is 0 Å². The topological polar surface area (TPSA) is 38.0 Å². The van der Waals surface area contributed by atoms with Crippen molar-refractivity contribution in [1.82, 2.24) is 5.43 Å². The van der Waals surface area contributed by atoms with Crippen LogP contribution in [0.1, 0.15) is 22.7 Å². The third-order valence-corrected chi connectivity index (χ3v) is 3.90. The zero-order valence-corrected chi connectivity index (χ0v) is 12.6. The fourth-order valence-electron chi connectivity index (χ4n) is 2.05. The van der Waals surface area contributed by atoms with E-state index in [9.17, 15) is 4.39 Å². The minimum absolute atomic E-state index is 0.229. The minimum Gasteiger partial charge on any atom is -0.271 e. The predicted molar refractivity (Wildman–Crippen MR) is 79.5 cm³/mol. The van der Waals surface area contributed by atoms with Gasteiger partial charge in [0.25, 0.3) is 0 Å². The van der Waals surface area contributed by atoms with Crippen LogP contribution in [0.3, 0.4) is 0 Å². The zero-order valence-electron chi connectivity index (χ0n) is 10.3. The lowest BCUT2D eigenvalue weighted by molar-refractivity contribution is 0.611. The minimum atomic E-state index is -0.257. The van der Waals surface area contributed by atoms with Gasteiger partial charge in [-0.05, 0) is 47.9 Å². The lowest BCUT2D eigenvalue weighted by Gasteiger charge is -2.20. The van der Waals surface area contributed by atoms with Crippen LogP contribution in [0, 0.1) is 12.7 Å². The maximum atomic E-state index is 13.2. The molecule has 0 aliphatic carbocycles. The summed E-state index contributed by atoms with van der Waals surface area (Å²) < 4.78 is 14.0. The molecule has 3 N–H and O–H groups in total. The fraction of sp³-hybridized carbons (Fsp3) is 0.143. The van der Waals surface area contributed by atoms with Crippen LogP contribution in [0.2, 0.25) is 5.02 Å². The fourth-order valence-corrected chi connectivity index (χ4v) is 2.96. The molecular formula is C14H13BrClFN2. The number of hydrazine groups is 1. The average Bonchev–Trinajstić information content (AvgIpc) is 2.34. The molecule has 0 spiro atoms. The summed E-state index contributed by atoms with van der Waals surface area (Å²) in [5.74, 6) is 5.40. The Morgan fingerprint density at radius 3 is 2.47 bits per heavy atom. The number of hydrogen-bond acceptors (Lipinski definition) is 2. The highest BCUT2D eigenvalue weighted by Crippen LogP contribution is 2.31. The number of aryl methyl sites for hydroxylation is 1. The van der Waals surface area contributed by atoms with E-state index in [0.717, 1.165) is 21.2 Å². The number of nitrogens with one attached hydrogen (secondary N) is 1. The first-order chi connectivity index (χ1) is 9.02. The van der Waals surface area contributed by atoms with Crippen LogP contribution < -0.4 is 11.3 Å². The van der Waals surface area contributed by atoms with E-state index >= 15 is 0 Å². The first kappa shape index (κ1) is 14.5. The highest BCUT2D eigenvalue weighted by Gasteiger charge is 2.17. The van der Waals surface area contributed by atoms with E-state index in [2.05, 4.69) is 21.4 Å². The summed E-state index contributed by atoms with van der Waals surface area (Å²) in [5, 5.41) is 0.641. The summed E-state index contributed by atoms with van der Waals surface area (Å²) in [6, 6.07) is 9.91.